The molecule has 1 amide bonds. The van der Waals surface area contributed by atoms with E-state index in [1.54, 1.807) is 24.3 Å². The molecule has 2 aromatic carbocycles. The van der Waals surface area contributed by atoms with Gasteiger partial charge in [0.15, 0.2) is 0 Å². The number of esters is 1. The topological polar surface area (TPSA) is 126 Å². The number of carbonyl (C=O) groups excluding carboxylic acids is 2. The summed E-state index contributed by atoms with van der Waals surface area (Å²) >= 11 is 3.45. The van der Waals surface area contributed by atoms with Crippen molar-refractivity contribution in [1.29, 1.82) is 0 Å². The Morgan fingerprint density at radius 1 is 1.17 bits per heavy atom. The standard InChI is InChI=1S/C26H30BrN5O4/c1-14-11-16(27)12-15(2)21(14)30-24(34)22(31-32-26(3,4)5)17(25(35)36-6)13-20-23(33)29-19-10-8-7-9-18(19)28-20/h7-12,17,32H,13H2,1-6H3,(H,29,33)(H,30,34)/b31-22-/t17-/m1/s1. The molecule has 1 aromatic heterocycles. The molecule has 0 fully saturated rings. The summed E-state index contributed by atoms with van der Waals surface area (Å²) < 4.78 is 5.90. The molecule has 0 bridgehead atoms. The van der Waals surface area contributed by atoms with Gasteiger partial charge in [-0.3, -0.25) is 14.4 Å². The zero-order valence-corrected chi connectivity index (χ0v) is 22.7. The fourth-order valence-electron chi connectivity index (χ4n) is 3.63. The first kappa shape index (κ1) is 27.1. The Hall–Kier alpha value is -3.53. The molecule has 0 radical (unpaired) electrons. The number of carbonyl (C=O) groups is 2. The highest BCUT2D eigenvalue weighted by Crippen LogP contribution is 2.25. The van der Waals surface area contributed by atoms with E-state index in [1.165, 1.54) is 7.11 Å². The zero-order valence-electron chi connectivity index (χ0n) is 21.2. The number of hydrogen-bond acceptors (Lipinski definition) is 7. The molecule has 0 spiro atoms. The zero-order chi connectivity index (χ0) is 26.6. The van der Waals surface area contributed by atoms with Crippen molar-refractivity contribution in [3.05, 3.63) is 68.0 Å². The molecule has 3 aromatic rings. The van der Waals surface area contributed by atoms with Crippen LogP contribution < -0.4 is 16.3 Å². The van der Waals surface area contributed by atoms with Crippen molar-refractivity contribution in [2.45, 2.75) is 46.6 Å². The first-order valence-corrected chi connectivity index (χ1v) is 12.2. The fourth-order valence-corrected chi connectivity index (χ4v) is 4.32. The highest BCUT2D eigenvalue weighted by atomic mass is 79.9. The Bertz CT molecular complexity index is 1370. The van der Waals surface area contributed by atoms with Gasteiger partial charge in [-0.25, -0.2) is 4.98 Å². The summed E-state index contributed by atoms with van der Waals surface area (Å²) in [6.45, 7) is 9.36. The van der Waals surface area contributed by atoms with Gasteiger partial charge in [0.1, 0.15) is 17.3 Å². The number of methoxy groups -OCH3 is 1. The lowest BCUT2D eigenvalue weighted by molar-refractivity contribution is -0.143. The molecule has 0 aliphatic rings. The Morgan fingerprint density at radius 3 is 2.42 bits per heavy atom. The minimum atomic E-state index is -1.18. The molecular formula is C26H30BrN5O4. The molecule has 3 rings (SSSR count). The van der Waals surface area contributed by atoms with Crippen LogP contribution in [0.15, 0.2) is 50.8 Å². The van der Waals surface area contributed by atoms with Crippen molar-refractivity contribution in [1.82, 2.24) is 15.4 Å². The second-order valence-corrected chi connectivity index (χ2v) is 10.5. The fraction of sp³-hybridized carbons (Fsp3) is 0.346. The Labute approximate surface area is 217 Å². The number of halogens is 1. The van der Waals surface area contributed by atoms with Gasteiger partial charge in [-0.1, -0.05) is 28.1 Å². The van der Waals surface area contributed by atoms with Gasteiger partial charge < -0.3 is 20.5 Å². The third kappa shape index (κ3) is 6.57. The van der Waals surface area contributed by atoms with Crippen LogP contribution in [0.25, 0.3) is 11.0 Å². The number of amides is 1. The third-order valence-electron chi connectivity index (χ3n) is 5.36. The number of ether oxygens (including phenoxy) is 1. The van der Waals surface area contributed by atoms with Crippen molar-refractivity contribution in [2.75, 3.05) is 12.4 Å². The van der Waals surface area contributed by atoms with Gasteiger partial charge in [0.2, 0.25) is 0 Å². The predicted octanol–water partition coefficient (Wildman–Crippen LogP) is 4.02. The van der Waals surface area contributed by atoms with E-state index < -0.39 is 28.9 Å². The van der Waals surface area contributed by atoms with Crippen LogP contribution in [-0.4, -0.2) is 40.2 Å². The van der Waals surface area contributed by atoms with Gasteiger partial charge >= 0.3 is 5.97 Å². The van der Waals surface area contributed by atoms with Crippen molar-refractivity contribution in [2.24, 2.45) is 11.0 Å². The summed E-state index contributed by atoms with van der Waals surface area (Å²) in [5.41, 5.74) is 5.36. The highest BCUT2D eigenvalue weighted by molar-refractivity contribution is 9.10. The van der Waals surface area contributed by atoms with E-state index in [9.17, 15) is 14.4 Å². The number of benzene rings is 2. The van der Waals surface area contributed by atoms with Gasteiger partial charge in [-0.05, 0) is 70.0 Å². The second kappa shape index (κ2) is 11.0. The van der Waals surface area contributed by atoms with Crippen LogP contribution in [-0.2, 0) is 20.7 Å². The van der Waals surface area contributed by atoms with E-state index in [-0.39, 0.29) is 17.8 Å². The second-order valence-electron chi connectivity index (χ2n) is 9.54. The number of aromatic amines is 1. The van der Waals surface area contributed by atoms with E-state index in [4.69, 9.17) is 4.74 Å². The molecule has 3 N–H and O–H groups in total. The SMILES string of the molecule is COC(=O)[C@H](Cc1nc2ccccc2[nH]c1=O)/C(=N/NC(C)(C)C)C(=O)Nc1c(C)cc(Br)cc1C. The number of rotatable bonds is 7. The first-order valence-electron chi connectivity index (χ1n) is 11.4. The number of fused-ring (bicyclic) bond motifs is 1. The highest BCUT2D eigenvalue weighted by Gasteiger charge is 2.33. The summed E-state index contributed by atoms with van der Waals surface area (Å²) in [7, 11) is 1.23. The van der Waals surface area contributed by atoms with Crippen LogP contribution in [0.2, 0.25) is 0 Å². The molecule has 0 aliphatic heterocycles. The molecule has 0 unspecified atom stereocenters. The summed E-state index contributed by atoms with van der Waals surface area (Å²) in [6, 6.07) is 10.8. The van der Waals surface area contributed by atoms with Crippen molar-refractivity contribution >= 4 is 50.2 Å². The Balaban J connectivity index is 2.07. The summed E-state index contributed by atoms with van der Waals surface area (Å²) in [6.07, 6.45) is -0.177. The van der Waals surface area contributed by atoms with Crippen LogP contribution in [0.5, 0.6) is 0 Å². The summed E-state index contributed by atoms with van der Waals surface area (Å²) in [5, 5.41) is 7.22. The lowest BCUT2D eigenvalue weighted by atomic mass is 9.96. The van der Waals surface area contributed by atoms with E-state index in [2.05, 4.69) is 41.7 Å². The van der Waals surface area contributed by atoms with Crippen LogP contribution in [0, 0.1) is 19.8 Å². The number of H-pyrrole nitrogens is 1. The minimum absolute atomic E-state index is 0.0939. The van der Waals surface area contributed by atoms with E-state index in [1.807, 2.05) is 46.8 Å². The number of para-hydroxylation sites is 2. The maximum Gasteiger partial charge on any atom is 0.315 e. The van der Waals surface area contributed by atoms with E-state index in [0.29, 0.717) is 16.7 Å². The number of hydrogen-bond donors (Lipinski definition) is 3. The monoisotopic (exact) mass is 555 g/mol. The van der Waals surface area contributed by atoms with Gasteiger partial charge in [-0.15, -0.1) is 0 Å². The maximum absolute atomic E-state index is 13.6. The number of hydrazone groups is 1. The Morgan fingerprint density at radius 2 is 1.81 bits per heavy atom. The molecule has 0 saturated carbocycles. The van der Waals surface area contributed by atoms with Crippen LogP contribution in [0.3, 0.4) is 0 Å². The predicted molar refractivity (Wildman–Crippen MR) is 144 cm³/mol. The smallest absolute Gasteiger partial charge is 0.315 e. The molecule has 36 heavy (non-hydrogen) atoms. The van der Waals surface area contributed by atoms with Gasteiger partial charge in [0.05, 0.1) is 18.1 Å². The van der Waals surface area contributed by atoms with Crippen LogP contribution in [0.1, 0.15) is 37.6 Å². The van der Waals surface area contributed by atoms with E-state index in [0.717, 1.165) is 15.6 Å². The number of anilines is 1. The maximum atomic E-state index is 13.6. The normalized spacial score (nSPS) is 12.8. The number of aromatic nitrogens is 2. The van der Waals surface area contributed by atoms with Crippen molar-refractivity contribution in [3.8, 4) is 0 Å². The quantitative estimate of drug-likeness (QED) is 0.229. The molecule has 0 saturated heterocycles. The van der Waals surface area contributed by atoms with Crippen LogP contribution in [0.4, 0.5) is 5.69 Å². The van der Waals surface area contributed by atoms with Gasteiger partial charge in [0.25, 0.3) is 11.5 Å². The molecule has 1 atom stereocenters. The van der Waals surface area contributed by atoms with Gasteiger partial charge in [-0.2, -0.15) is 5.10 Å². The van der Waals surface area contributed by atoms with Gasteiger partial charge in [0, 0.05) is 22.1 Å². The average Bonchev–Trinajstić information content (AvgIpc) is 2.79. The lowest BCUT2D eigenvalue weighted by Crippen LogP contribution is -2.41. The lowest BCUT2D eigenvalue weighted by Gasteiger charge is -2.22. The molecule has 0 aliphatic carbocycles. The molecule has 1 heterocycles. The largest absolute Gasteiger partial charge is 0.468 e. The van der Waals surface area contributed by atoms with Crippen molar-refractivity contribution in [3.63, 3.8) is 0 Å². The summed E-state index contributed by atoms with van der Waals surface area (Å²) in [5.74, 6) is -2.48. The number of aryl methyl sites for hydroxylation is 2. The average molecular weight is 556 g/mol. The number of nitrogens with zero attached hydrogens (tertiary/aromatic N) is 2. The van der Waals surface area contributed by atoms with Crippen LogP contribution >= 0.6 is 15.9 Å². The first-order chi connectivity index (χ1) is 16.9. The minimum Gasteiger partial charge on any atom is -0.468 e. The molecule has 190 valence electrons. The summed E-state index contributed by atoms with van der Waals surface area (Å²) in [4.78, 5) is 46.5. The third-order valence-corrected chi connectivity index (χ3v) is 5.82. The molecular weight excluding hydrogens is 526 g/mol. The molecule has 10 heteroatoms. The molecule has 9 nitrogen and oxygen atoms in total. The van der Waals surface area contributed by atoms with E-state index >= 15 is 0 Å². The number of nitrogens with one attached hydrogen (secondary N) is 3. The Kier molecular flexibility index (Phi) is 8.29. The van der Waals surface area contributed by atoms with Crippen molar-refractivity contribution < 1.29 is 14.3 Å².